The van der Waals surface area contributed by atoms with Gasteiger partial charge >= 0.3 is 0 Å². The van der Waals surface area contributed by atoms with Gasteiger partial charge in [0.1, 0.15) is 0 Å². The van der Waals surface area contributed by atoms with E-state index >= 15 is 0 Å². The van der Waals surface area contributed by atoms with Gasteiger partial charge < -0.3 is 0 Å². The molecule has 0 aliphatic carbocycles. The third-order valence-electron chi connectivity index (χ3n) is 3.76. The standard InChI is InChI=1S/C16H20ClNS/c1-4-14(15(17)5-2)12(3)18-9-8-16-13(11-18)7-6-10-19-16/h4-6,10,12H,1-2,7-9,11H2,3H3/b15-14-/t12-/m0/s1. The number of halogens is 1. The summed E-state index contributed by atoms with van der Waals surface area (Å²) in [6.07, 6.45) is 8.04. The van der Waals surface area contributed by atoms with Gasteiger partial charge in [0.25, 0.3) is 0 Å². The van der Waals surface area contributed by atoms with Crippen molar-refractivity contribution in [3.8, 4) is 0 Å². The SMILES string of the molecule is C=C/C(Cl)=C(\C=C)[C@H](C)N1CCC2=C(CC=CS2)C1. The second-order valence-electron chi connectivity index (χ2n) is 4.83. The lowest BCUT2D eigenvalue weighted by atomic mass is 10.0. The average Bonchev–Trinajstić information content (AvgIpc) is 2.47. The van der Waals surface area contributed by atoms with Crippen molar-refractivity contribution in [2.24, 2.45) is 0 Å². The van der Waals surface area contributed by atoms with Crippen molar-refractivity contribution in [1.29, 1.82) is 0 Å². The molecule has 2 aliphatic heterocycles. The van der Waals surface area contributed by atoms with Gasteiger partial charge in [-0.3, -0.25) is 4.90 Å². The molecule has 2 heterocycles. The highest BCUT2D eigenvalue weighted by atomic mass is 35.5. The highest BCUT2D eigenvalue weighted by Crippen LogP contribution is 2.35. The van der Waals surface area contributed by atoms with Crippen LogP contribution in [-0.4, -0.2) is 24.0 Å². The predicted octanol–water partition coefficient (Wildman–Crippen LogP) is 4.85. The summed E-state index contributed by atoms with van der Waals surface area (Å²) in [5, 5.41) is 2.92. The van der Waals surface area contributed by atoms with E-state index in [0.29, 0.717) is 5.03 Å². The Hall–Kier alpha value is -0.700. The highest BCUT2D eigenvalue weighted by molar-refractivity contribution is 8.05. The van der Waals surface area contributed by atoms with E-state index in [4.69, 9.17) is 11.6 Å². The molecule has 0 saturated heterocycles. The second-order valence-corrected chi connectivity index (χ2v) is 6.24. The molecule has 0 radical (unpaired) electrons. The van der Waals surface area contributed by atoms with Gasteiger partial charge in [-0.2, -0.15) is 0 Å². The minimum atomic E-state index is 0.285. The third kappa shape index (κ3) is 3.25. The van der Waals surface area contributed by atoms with Gasteiger partial charge in [0.05, 0.1) is 0 Å². The zero-order chi connectivity index (χ0) is 13.8. The van der Waals surface area contributed by atoms with E-state index in [1.807, 2.05) is 17.8 Å². The molecule has 0 fully saturated rings. The smallest absolute Gasteiger partial charge is 0.0447 e. The Morgan fingerprint density at radius 2 is 2.26 bits per heavy atom. The lowest BCUT2D eigenvalue weighted by molar-refractivity contribution is 0.247. The Kier molecular flexibility index (Phi) is 5.14. The second kappa shape index (κ2) is 6.65. The topological polar surface area (TPSA) is 3.24 Å². The first-order valence-corrected chi connectivity index (χ1v) is 7.84. The van der Waals surface area contributed by atoms with E-state index in [0.717, 1.165) is 31.5 Å². The quantitative estimate of drug-likeness (QED) is 0.682. The Morgan fingerprint density at radius 3 is 2.95 bits per heavy atom. The molecule has 0 aromatic rings. The molecule has 0 saturated carbocycles. The van der Waals surface area contributed by atoms with Crippen LogP contribution >= 0.6 is 23.4 Å². The maximum absolute atomic E-state index is 6.22. The van der Waals surface area contributed by atoms with Crippen LogP contribution in [0.15, 0.2) is 57.9 Å². The van der Waals surface area contributed by atoms with E-state index < -0.39 is 0 Å². The van der Waals surface area contributed by atoms with Crippen molar-refractivity contribution in [3.05, 3.63) is 57.9 Å². The fourth-order valence-corrected chi connectivity index (χ4v) is 3.70. The van der Waals surface area contributed by atoms with E-state index in [9.17, 15) is 0 Å². The fourth-order valence-electron chi connectivity index (χ4n) is 2.59. The summed E-state index contributed by atoms with van der Waals surface area (Å²) < 4.78 is 0. The van der Waals surface area contributed by atoms with Gasteiger partial charge in [-0.1, -0.05) is 43.0 Å². The fraction of sp³-hybridized carbons (Fsp3) is 0.375. The highest BCUT2D eigenvalue weighted by Gasteiger charge is 2.25. The zero-order valence-corrected chi connectivity index (χ0v) is 12.9. The molecule has 0 aromatic carbocycles. The summed E-state index contributed by atoms with van der Waals surface area (Å²) in [5.41, 5.74) is 2.63. The van der Waals surface area contributed by atoms with Gasteiger partial charge in [-0.15, -0.1) is 11.8 Å². The normalized spacial score (nSPS) is 22.6. The first-order chi connectivity index (χ1) is 9.17. The maximum Gasteiger partial charge on any atom is 0.0447 e. The van der Waals surface area contributed by atoms with E-state index in [1.54, 1.807) is 16.6 Å². The van der Waals surface area contributed by atoms with Gasteiger partial charge in [0.2, 0.25) is 0 Å². The molecule has 3 heteroatoms. The Labute approximate surface area is 125 Å². The molecular formula is C16H20ClNS. The molecule has 2 rings (SSSR count). The van der Waals surface area contributed by atoms with Crippen LogP contribution in [0.5, 0.6) is 0 Å². The number of hydrogen-bond acceptors (Lipinski definition) is 2. The molecule has 1 atom stereocenters. The van der Waals surface area contributed by atoms with Crippen LogP contribution in [0.3, 0.4) is 0 Å². The summed E-state index contributed by atoms with van der Waals surface area (Å²) in [6, 6.07) is 0.285. The molecule has 0 N–H and O–H groups in total. The average molecular weight is 294 g/mol. The van der Waals surface area contributed by atoms with Crippen molar-refractivity contribution in [3.63, 3.8) is 0 Å². The molecular weight excluding hydrogens is 274 g/mol. The first-order valence-electron chi connectivity index (χ1n) is 6.58. The van der Waals surface area contributed by atoms with Crippen LogP contribution in [0.2, 0.25) is 0 Å². The lowest BCUT2D eigenvalue weighted by Crippen LogP contribution is -2.39. The Balaban J connectivity index is 2.14. The third-order valence-corrected chi connectivity index (χ3v) is 5.24. The van der Waals surface area contributed by atoms with Crippen molar-refractivity contribution in [2.45, 2.75) is 25.8 Å². The van der Waals surface area contributed by atoms with Crippen LogP contribution in [-0.2, 0) is 0 Å². The molecule has 1 nitrogen and oxygen atoms in total. The monoisotopic (exact) mass is 293 g/mol. The van der Waals surface area contributed by atoms with Crippen LogP contribution in [0.1, 0.15) is 19.8 Å². The molecule has 2 aliphatic rings. The molecule has 0 bridgehead atoms. The van der Waals surface area contributed by atoms with Gasteiger partial charge in [-0.25, -0.2) is 0 Å². The maximum atomic E-state index is 6.22. The number of allylic oxidation sites excluding steroid dienone is 3. The first kappa shape index (κ1) is 14.7. The van der Waals surface area contributed by atoms with Crippen molar-refractivity contribution in [1.82, 2.24) is 4.90 Å². The Bertz CT molecular complexity index is 473. The largest absolute Gasteiger partial charge is 0.292 e. The van der Waals surface area contributed by atoms with E-state index in [-0.39, 0.29) is 6.04 Å². The van der Waals surface area contributed by atoms with Gasteiger partial charge in [0, 0.05) is 24.2 Å². The number of thioether (sulfide) groups is 1. The molecule has 19 heavy (non-hydrogen) atoms. The van der Waals surface area contributed by atoms with E-state index in [1.165, 1.54) is 0 Å². The Morgan fingerprint density at radius 1 is 1.47 bits per heavy atom. The lowest BCUT2D eigenvalue weighted by Gasteiger charge is -2.36. The minimum absolute atomic E-state index is 0.285. The van der Waals surface area contributed by atoms with Gasteiger partial charge in [-0.05, 0) is 41.2 Å². The summed E-state index contributed by atoms with van der Waals surface area (Å²) in [4.78, 5) is 4.03. The van der Waals surface area contributed by atoms with Crippen LogP contribution < -0.4 is 0 Å². The van der Waals surface area contributed by atoms with Crippen LogP contribution in [0.25, 0.3) is 0 Å². The zero-order valence-electron chi connectivity index (χ0n) is 11.4. The van der Waals surface area contributed by atoms with Crippen LogP contribution in [0.4, 0.5) is 0 Å². The van der Waals surface area contributed by atoms with Crippen molar-refractivity contribution in [2.75, 3.05) is 13.1 Å². The molecule has 0 spiro atoms. The summed E-state index contributed by atoms with van der Waals surface area (Å²) in [5.74, 6) is 0. The number of hydrogen-bond donors (Lipinski definition) is 0. The summed E-state index contributed by atoms with van der Waals surface area (Å²) in [6.45, 7) is 11.9. The van der Waals surface area contributed by atoms with Gasteiger partial charge in [0.15, 0.2) is 0 Å². The van der Waals surface area contributed by atoms with E-state index in [2.05, 4.69) is 36.5 Å². The summed E-state index contributed by atoms with van der Waals surface area (Å²) in [7, 11) is 0. The molecule has 0 amide bonds. The molecule has 0 unspecified atom stereocenters. The molecule has 0 aromatic heterocycles. The minimum Gasteiger partial charge on any atom is -0.292 e. The number of nitrogens with zero attached hydrogens (tertiary/aromatic N) is 1. The van der Waals surface area contributed by atoms with Crippen molar-refractivity contribution < 1.29 is 0 Å². The molecule has 102 valence electrons. The predicted molar refractivity (Wildman–Crippen MR) is 87.3 cm³/mol. The summed E-state index contributed by atoms with van der Waals surface area (Å²) >= 11 is 8.10. The number of rotatable bonds is 4. The van der Waals surface area contributed by atoms with Crippen molar-refractivity contribution >= 4 is 23.4 Å². The van der Waals surface area contributed by atoms with Crippen LogP contribution in [0, 0.1) is 0 Å².